The van der Waals surface area contributed by atoms with Crippen molar-refractivity contribution in [1.82, 2.24) is 0 Å². The highest BCUT2D eigenvalue weighted by molar-refractivity contribution is 9.10. The van der Waals surface area contributed by atoms with Crippen molar-refractivity contribution in [2.24, 2.45) is 0 Å². The Balaban J connectivity index is 3.53. The monoisotopic (exact) mass is 176 g/mol. The standard InChI is InChI=1S/C5H5BrO2/c1-3-8-5(7)4(2)6/h1,4H,2H3. The Kier molecular flexibility index (Phi) is 3.29. The van der Waals surface area contributed by atoms with Crippen LogP contribution >= 0.6 is 15.9 Å². The van der Waals surface area contributed by atoms with Gasteiger partial charge in [-0.15, -0.1) is 0 Å². The molecule has 0 aromatic heterocycles. The molecule has 44 valence electrons. The number of terminal acetylenes is 1. The molecule has 0 N–H and O–H groups in total. The van der Waals surface area contributed by atoms with Gasteiger partial charge in [0.25, 0.3) is 0 Å². The lowest BCUT2D eigenvalue weighted by Crippen LogP contribution is -2.10. The molecule has 1 atom stereocenters. The Bertz CT molecular complexity index is 123. The molecule has 0 aliphatic heterocycles. The maximum Gasteiger partial charge on any atom is 0.333 e. The fourth-order valence-electron chi connectivity index (χ4n) is 0.139. The number of carbonyl (C=O) groups is 1. The molecular formula is C5H5BrO2. The summed E-state index contributed by atoms with van der Waals surface area (Å²) in [4.78, 5) is 10.0. The fraction of sp³-hybridized carbons (Fsp3) is 0.400. The van der Waals surface area contributed by atoms with Crippen LogP contribution < -0.4 is 0 Å². The van der Waals surface area contributed by atoms with E-state index >= 15 is 0 Å². The molecule has 0 aromatic rings. The molecule has 3 heteroatoms. The number of halogens is 1. The van der Waals surface area contributed by atoms with Gasteiger partial charge in [0.05, 0.1) is 0 Å². The SMILES string of the molecule is C#COC(=O)C(C)Br. The van der Waals surface area contributed by atoms with E-state index in [1.165, 1.54) is 0 Å². The second-order valence-electron chi connectivity index (χ2n) is 1.15. The highest BCUT2D eigenvalue weighted by atomic mass is 79.9. The molecule has 0 heterocycles. The first-order valence-corrected chi connectivity index (χ1v) is 2.90. The van der Waals surface area contributed by atoms with Gasteiger partial charge in [0.2, 0.25) is 0 Å². The summed E-state index contributed by atoms with van der Waals surface area (Å²) in [6.07, 6.45) is 6.42. The molecule has 0 radical (unpaired) electrons. The van der Waals surface area contributed by atoms with Gasteiger partial charge >= 0.3 is 5.97 Å². The van der Waals surface area contributed by atoms with Crippen LogP contribution in [0, 0.1) is 12.5 Å². The predicted octanol–water partition coefficient (Wildman–Crippen LogP) is 0.904. The zero-order chi connectivity index (χ0) is 6.57. The fourth-order valence-corrected chi connectivity index (χ4v) is 0.233. The van der Waals surface area contributed by atoms with E-state index in [0.717, 1.165) is 0 Å². The highest BCUT2D eigenvalue weighted by Gasteiger charge is 2.07. The van der Waals surface area contributed by atoms with Crippen LogP contribution in [0.3, 0.4) is 0 Å². The third-order valence-electron chi connectivity index (χ3n) is 0.484. The van der Waals surface area contributed by atoms with Crippen LogP contribution in [-0.2, 0) is 9.53 Å². The summed E-state index contributed by atoms with van der Waals surface area (Å²) in [5, 5.41) is 0. The van der Waals surface area contributed by atoms with Crippen LogP contribution in [-0.4, -0.2) is 10.8 Å². The third-order valence-corrected chi connectivity index (χ3v) is 0.858. The van der Waals surface area contributed by atoms with E-state index in [1.807, 2.05) is 0 Å². The lowest BCUT2D eigenvalue weighted by Gasteiger charge is -1.94. The van der Waals surface area contributed by atoms with Gasteiger partial charge in [0.15, 0.2) is 0 Å². The molecular weight excluding hydrogens is 172 g/mol. The van der Waals surface area contributed by atoms with Crippen molar-refractivity contribution < 1.29 is 9.53 Å². The average Bonchev–Trinajstić information content (AvgIpc) is 1.67. The number of rotatable bonds is 1. The Morgan fingerprint density at radius 2 is 2.50 bits per heavy atom. The summed E-state index contributed by atoms with van der Waals surface area (Å²) in [6, 6.07) is 0. The zero-order valence-corrected chi connectivity index (χ0v) is 5.94. The van der Waals surface area contributed by atoms with Crippen molar-refractivity contribution in [1.29, 1.82) is 0 Å². The maximum absolute atomic E-state index is 10.3. The van der Waals surface area contributed by atoms with Crippen molar-refractivity contribution in [3.8, 4) is 12.5 Å². The highest BCUT2D eigenvalue weighted by Crippen LogP contribution is 1.98. The van der Waals surface area contributed by atoms with Gasteiger partial charge in [-0.2, -0.15) is 0 Å². The van der Waals surface area contributed by atoms with Gasteiger partial charge in [-0.3, -0.25) is 0 Å². The van der Waals surface area contributed by atoms with E-state index in [1.54, 1.807) is 13.0 Å². The molecule has 0 saturated carbocycles. The van der Waals surface area contributed by atoms with Crippen LogP contribution in [0.2, 0.25) is 0 Å². The number of hydrogen-bond acceptors (Lipinski definition) is 2. The summed E-state index contributed by atoms with van der Waals surface area (Å²) >= 11 is 2.97. The summed E-state index contributed by atoms with van der Waals surface area (Å²) in [6.45, 7) is 1.64. The van der Waals surface area contributed by atoms with Crippen LogP contribution in [0.1, 0.15) is 6.92 Å². The second kappa shape index (κ2) is 3.50. The lowest BCUT2D eigenvalue weighted by molar-refractivity contribution is -0.135. The number of esters is 1. The van der Waals surface area contributed by atoms with Gasteiger partial charge < -0.3 is 4.74 Å². The molecule has 0 aromatic carbocycles. The van der Waals surface area contributed by atoms with Crippen LogP contribution in [0.4, 0.5) is 0 Å². The molecule has 0 rings (SSSR count). The van der Waals surface area contributed by atoms with E-state index in [0.29, 0.717) is 0 Å². The summed E-state index contributed by atoms with van der Waals surface area (Å²) in [5.74, 6) is -0.437. The maximum atomic E-state index is 10.3. The normalized spacial score (nSPS) is 11.6. The molecule has 0 aliphatic carbocycles. The first-order chi connectivity index (χ1) is 3.68. The van der Waals surface area contributed by atoms with Crippen LogP contribution in [0.25, 0.3) is 0 Å². The van der Waals surface area contributed by atoms with Crippen molar-refractivity contribution in [3.05, 3.63) is 0 Å². The van der Waals surface area contributed by atoms with Gasteiger partial charge in [-0.1, -0.05) is 22.4 Å². The molecule has 8 heavy (non-hydrogen) atoms. The number of alkyl halides is 1. The van der Waals surface area contributed by atoms with Crippen molar-refractivity contribution >= 4 is 21.9 Å². The van der Waals surface area contributed by atoms with Gasteiger partial charge in [-0.25, -0.2) is 4.79 Å². The summed E-state index contributed by atoms with van der Waals surface area (Å²) in [5.41, 5.74) is 0. The Hall–Kier alpha value is -0.490. The minimum atomic E-state index is -0.437. The topological polar surface area (TPSA) is 26.3 Å². The smallest absolute Gasteiger partial charge is 0.333 e. The van der Waals surface area contributed by atoms with E-state index < -0.39 is 5.97 Å². The van der Waals surface area contributed by atoms with Gasteiger partial charge in [0.1, 0.15) is 10.9 Å². The number of ether oxygens (including phenoxy) is 1. The lowest BCUT2D eigenvalue weighted by atomic mass is 10.5. The van der Waals surface area contributed by atoms with E-state index in [-0.39, 0.29) is 4.83 Å². The Morgan fingerprint density at radius 1 is 2.00 bits per heavy atom. The third kappa shape index (κ3) is 2.64. The van der Waals surface area contributed by atoms with Gasteiger partial charge in [-0.05, 0) is 6.92 Å². The zero-order valence-electron chi connectivity index (χ0n) is 4.35. The average molecular weight is 177 g/mol. The molecule has 0 fully saturated rings. The minimum Gasteiger partial charge on any atom is -0.372 e. The molecule has 0 bridgehead atoms. The molecule has 2 nitrogen and oxygen atoms in total. The van der Waals surface area contributed by atoms with E-state index in [9.17, 15) is 4.79 Å². The van der Waals surface area contributed by atoms with Crippen LogP contribution in [0.5, 0.6) is 0 Å². The van der Waals surface area contributed by atoms with Crippen molar-refractivity contribution in [3.63, 3.8) is 0 Å². The number of carbonyl (C=O) groups excluding carboxylic acids is 1. The second-order valence-corrected chi connectivity index (χ2v) is 2.53. The summed E-state index contributed by atoms with van der Waals surface area (Å²) < 4.78 is 4.15. The molecule has 0 amide bonds. The quantitative estimate of drug-likeness (QED) is 0.338. The predicted molar refractivity (Wildman–Crippen MR) is 33.3 cm³/mol. The Labute approximate surface area is 56.3 Å². The molecule has 0 saturated heterocycles. The van der Waals surface area contributed by atoms with E-state index in [2.05, 4.69) is 27.1 Å². The van der Waals surface area contributed by atoms with Crippen molar-refractivity contribution in [2.75, 3.05) is 0 Å². The van der Waals surface area contributed by atoms with E-state index in [4.69, 9.17) is 0 Å². The largest absolute Gasteiger partial charge is 0.372 e. The van der Waals surface area contributed by atoms with Crippen LogP contribution in [0.15, 0.2) is 0 Å². The number of hydrogen-bond donors (Lipinski definition) is 0. The first kappa shape index (κ1) is 7.51. The molecule has 0 aliphatic rings. The van der Waals surface area contributed by atoms with Gasteiger partial charge in [0, 0.05) is 0 Å². The molecule has 0 spiro atoms. The Morgan fingerprint density at radius 3 is 2.62 bits per heavy atom. The summed E-state index contributed by atoms with van der Waals surface area (Å²) in [7, 11) is 0. The van der Waals surface area contributed by atoms with Crippen molar-refractivity contribution in [2.45, 2.75) is 11.8 Å². The molecule has 1 unspecified atom stereocenters. The first-order valence-electron chi connectivity index (χ1n) is 1.99. The minimum absolute atomic E-state index is 0.321.